The highest BCUT2D eigenvalue weighted by Gasteiger charge is 2.14. The van der Waals surface area contributed by atoms with E-state index in [4.69, 9.17) is 4.74 Å². The summed E-state index contributed by atoms with van der Waals surface area (Å²) in [6, 6.07) is 10.7. The summed E-state index contributed by atoms with van der Waals surface area (Å²) in [6.07, 6.45) is 2.49. The SMILES string of the molecule is c1ccc([C@H]2CCCOC2)cc1. The van der Waals surface area contributed by atoms with Crippen molar-refractivity contribution >= 4 is 0 Å². The number of rotatable bonds is 1. The Morgan fingerprint density at radius 3 is 2.67 bits per heavy atom. The van der Waals surface area contributed by atoms with E-state index in [-0.39, 0.29) is 0 Å². The van der Waals surface area contributed by atoms with Gasteiger partial charge < -0.3 is 4.74 Å². The summed E-state index contributed by atoms with van der Waals surface area (Å²) >= 11 is 0. The first kappa shape index (κ1) is 7.81. The van der Waals surface area contributed by atoms with Gasteiger partial charge in [0.25, 0.3) is 0 Å². The summed E-state index contributed by atoms with van der Waals surface area (Å²) in [5.41, 5.74) is 1.43. The molecule has 0 aliphatic carbocycles. The molecule has 1 nitrogen and oxygen atoms in total. The molecule has 0 spiro atoms. The average Bonchev–Trinajstić information content (AvgIpc) is 2.21. The fourth-order valence-corrected chi connectivity index (χ4v) is 1.73. The minimum absolute atomic E-state index is 0.639. The molecule has 1 aromatic carbocycles. The van der Waals surface area contributed by atoms with Gasteiger partial charge >= 0.3 is 0 Å². The normalized spacial score (nSPS) is 23.8. The molecule has 1 fully saturated rings. The van der Waals surface area contributed by atoms with E-state index in [1.807, 2.05) is 0 Å². The summed E-state index contributed by atoms with van der Waals surface area (Å²) < 4.78 is 5.44. The van der Waals surface area contributed by atoms with Crippen LogP contribution in [0.25, 0.3) is 0 Å². The molecule has 0 N–H and O–H groups in total. The Morgan fingerprint density at radius 1 is 1.17 bits per heavy atom. The van der Waals surface area contributed by atoms with Crippen LogP contribution in [0.1, 0.15) is 24.3 Å². The number of hydrogen-bond donors (Lipinski definition) is 0. The van der Waals surface area contributed by atoms with E-state index in [1.165, 1.54) is 18.4 Å². The lowest BCUT2D eigenvalue weighted by Crippen LogP contribution is -2.15. The van der Waals surface area contributed by atoms with E-state index in [0.29, 0.717) is 5.92 Å². The lowest BCUT2D eigenvalue weighted by atomic mass is 9.94. The maximum Gasteiger partial charge on any atom is 0.0534 e. The third kappa shape index (κ3) is 1.67. The molecule has 0 amide bonds. The van der Waals surface area contributed by atoms with Crippen LogP contribution in [0.4, 0.5) is 0 Å². The van der Waals surface area contributed by atoms with E-state index >= 15 is 0 Å². The van der Waals surface area contributed by atoms with Crippen molar-refractivity contribution in [2.45, 2.75) is 18.8 Å². The van der Waals surface area contributed by atoms with Crippen LogP contribution in [-0.4, -0.2) is 13.2 Å². The average molecular weight is 162 g/mol. The fraction of sp³-hybridized carbons (Fsp3) is 0.455. The van der Waals surface area contributed by atoms with Crippen molar-refractivity contribution < 1.29 is 4.74 Å². The highest BCUT2D eigenvalue weighted by molar-refractivity contribution is 5.19. The van der Waals surface area contributed by atoms with Crippen molar-refractivity contribution in [3.8, 4) is 0 Å². The minimum Gasteiger partial charge on any atom is -0.381 e. The third-order valence-electron chi connectivity index (χ3n) is 2.43. The topological polar surface area (TPSA) is 9.23 Å². The van der Waals surface area contributed by atoms with E-state index < -0.39 is 0 Å². The van der Waals surface area contributed by atoms with Gasteiger partial charge in [-0.2, -0.15) is 0 Å². The monoisotopic (exact) mass is 162 g/mol. The highest BCUT2D eigenvalue weighted by Crippen LogP contribution is 2.24. The third-order valence-corrected chi connectivity index (χ3v) is 2.43. The maximum absolute atomic E-state index is 5.44. The molecule has 1 saturated heterocycles. The van der Waals surface area contributed by atoms with Gasteiger partial charge in [-0.05, 0) is 18.4 Å². The Morgan fingerprint density at radius 2 is 2.00 bits per heavy atom. The molecule has 0 bridgehead atoms. The van der Waals surface area contributed by atoms with Crippen LogP contribution in [0.15, 0.2) is 30.3 Å². The molecule has 2 rings (SSSR count). The zero-order chi connectivity index (χ0) is 8.23. The minimum atomic E-state index is 0.639. The lowest BCUT2D eigenvalue weighted by molar-refractivity contribution is 0.0804. The van der Waals surface area contributed by atoms with Crippen LogP contribution < -0.4 is 0 Å². The van der Waals surface area contributed by atoms with E-state index in [0.717, 1.165) is 13.2 Å². The highest BCUT2D eigenvalue weighted by atomic mass is 16.5. The van der Waals surface area contributed by atoms with Gasteiger partial charge in [-0.15, -0.1) is 0 Å². The van der Waals surface area contributed by atoms with Crippen molar-refractivity contribution in [2.24, 2.45) is 0 Å². The van der Waals surface area contributed by atoms with Crippen molar-refractivity contribution in [1.82, 2.24) is 0 Å². The number of benzene rings is 1. The molecule has 0 unspecified atom stereocenters. The summed E-state index contributed by atoms with van der Waals surface area (Å²) in [5.74, 6) is 0.639. The molecular weight excluding hydrogens is 148 g/mol. The molecule has 1 atom stereocenters. The zero-order valence-corrected chi connectivity index (χ0v) is 7.20. The summed E-state index contributed by atoms with van der Waals surface area (Å²) in [5, 5.41) is 0. The van der Waals surface area contributed by atoms with Gasteiger partial charge in [-0.3, -0.25) is 0 Å². The smallest absolute Gasteiger partial charge is 0.0534 e. The predicted molar refractivity (Wildman–Crippen MR) is 49.2 cm³/mol. The molecule has 1 aliphatic heterocycles. The number of ether oxygens (including phenoxy) is 1. The van der Waals surface area contributed by atoms with Crippen molar-refractivity contribution in [2.75, 3.05) is 13.2 Å². The molecule has 1 aliphatic rings. The first-order valence-corrected chi connectivity index (χ1v) is 4.59. The van der Waals surface area contributed by atoms with Gasteiger partial charge in [-0.1, -0.05) is 30.3 Å². The Hall–Kier alpha value is -0.820. The van der Waals surface area contributed by atoms with Crippen LogP contribution >= 0.6 is 0 Å². The van der Waals surface area contributed by atoms with Crippen molar-refractivity contribution in [1.29, 1.82) is 0 Å². The Balaban J connectivity index is 2.08. The van der Waals surface area contributed by atoms with E-state index in [9.17, 15) is 0 Å². The second-order valence-electron chi connectivity index (χ2n) is 3.32. The van der Waals surface area contributed by atoms with Crippen LogP contribution in [0.3, 0.4) is 0 Å². The van der Waals surface area contributed by atoms with Gasteiger partial charge in [0.05, 0.1) is 6.61 Å². The maximum atomic E-state index is 5.44. The van der Waals surface area contributed by atoms with Gasteiger partial charge in [0.15, 0.2) is 0 Å². The van der Waals surface area contributed by atoms with Gasteiger partial charge in [0.2, 0.25) is 0 Å². The van der Waals surface area contributed by atoms with Crippen LogP contribution in [0.2, 0.25) is 0 Å². The Bertz CT molecular complexity index is 224. The standard InChI is InChI=1S/C11H14O/c1-2-5-10(6-3-1)11-7-4-8-12-9-11/h1-3,5-6,11H,4,7-9H2/t11-/m0/s1. The van der Waals surface area contributed by atoms with Crippen molar-refractivity contribution in [3.63, 3.8) is 0 Å². The Labute approximate surface area is 73.4 Å². The molecule has 0 saturated carbocycles. The fourth-order valence-electron chi connectivity index (χ4n) is 1.73. The molecule has 1 heteroatoms. The van der Waals surface area contributed by atoms with Gasteiger partial charge in [-0.25, -0.2) is 0 Å². The Kier molecular flexibility index (Phi) is 2.42. The lowest BCUT2D eigenvalue weighted by Gasteiger charge is -2.22. The molecule has 1 heterocycles. The zero-order valence-electron chi connectivity index (χ0n) is 7.20. The van der Waals surface area contributed by atoms with Crippen LogP contribution in [0, 0.1) is 0 Å². The first-order valence-electron chi connectivity index (χ1n) is 4.59. The molecular formula is C11H14O. The quantitative estimate of drug-likeness (QED) is 0.616. The molecule has 0 radical (unpaired) electrons. The van der Waals surface area contributed by atoms with Gasteiger partial charge in [0.1, 0.15) is 0 Å². The van der Waals surface area contributed by atoms with Crippen LogP contribution in [-0.2, 0) is 4.74 Å². The summed E-state index contributed by atoms with van der Waals surface area (Å²) in [7, 11) is 0. The first-order chi connectivity index (χ1) is 5.97. The molecule has 64 valence electrons. The number of hydrogen-bond acceptors (Lipinski definition) is 1. The second kappa shape index (κ2) is 3.72. The molecule has 12 heavy (non-hydrogen) atoms. The second-order valence-corrected chi connectivity index (χ2v) is 3.32. The summed E-state index contributed by atoms with van der Waals surface area (Å²) in [6.45, 7) is 1.85. The molecule has 1 aromatic rings. The van der Waals surface area contributed by atoms with E-state index in [1.54, 1.807) is 0 Å². The van der Waals surface area contributed by atoms with Crippen molar-refractivity contribution in [3.05, 3.63) is 35.9 Å². The largest absolute Gasteiger partial charge is 0.381 e. The van der Waals surface area contributed by atoms with Gasteiger partial charge in [0, 0.05) is 12.5 Å². The summed E-state index contributed by atoms with van der Waals surface area (Å²) in [4.78, 5) is 0. The van der Waals surface area contributed by atoms with Crippen LogP contribution in [0.5, 0.6) is 0 Å². The van der Waals surface area contributed by atoms with E-state index in [2.05, 4.69) is 30.3 Å². The predicted octanol–water partition coefficient (Wildman–Crippen LogP) is 2.58. The molecule has 0 aromatic heterocycles.